The van der Waals surface area contributed by atoms with Crippen LogP contribution in [-0.2, 0) is 16.0 Å². The smallest absolute Gasteiger partial charge is 0.265 e. The van der Waals surface area contributed by atoms with Crippen molar-refractivity contribution in [3.8, 4) is 5.75 Å². The zero-order valence-electron chi connectivity index (χ0n) is 16.0. The molecule has 2 amide bonds. The number of hydrogen-bond donors (Lipinski definition) is 1. The third kappa shape index (κ3) is 3.33. The predicted molar refractivity (Wildman–Crippen MR) is 109 cm³/mol. The second kappa shape index (κ2) is 7.38. The molecule has 6 nitrogen and oxygen atoms in total. The molecule has 28 heavy (non-hydrogen) atoms. The average Bonchev–Trinajstić information content (AvgIpc) is 3.13. The second-order valence-electron chi connectivity index (χ2n) is 7.17. The van der Waals surface area contributed by atoms with Crippen LogP contribution in [0.3, 0.4) is 0 Å². The van der Waals surface area contributed by atoms with Gasteiger partial charge in [-0.25, -0.2) is 0 Å². The van der Waals surface area contributed by atoms with E-state index in [0.717, 1.165) is 16.5 Å². The minimum atomic E-state index is -0.693. The third-order valence-corrected chi connectivity index (χ3v) is 5.07. The van der Waals surface area contributed by atoms with Crippen LogP contribution in [0.2, 0.25) is 0 Å². The summed E-state index contributed by atoms with van der Waals surface area (Å²) in [6.45, 7) is 0.223. The molecule has 0 aliphatic carbocycles. The van der Waals surface area contributed by atoms with Gasteiger partial charge in [0.2, 0.25) is 5.91 Å². The number of anilines is 1. The van der Waals surface area contributed by atoms with Crippen LogP contribution in [0.15, 0.2) is 54.7 Å². The van der Waals surface area contributed by atoms with Crippen molar-refractivity contribution in [2.24, 2.45) is 0 Å². The minimum absolute atomic E-state index is 0.0161. The topological polar surface area (TPSA) is 65.6 Å². The number of carbonyl (C=O) groups excluding carboxylic acids is 2. The molecule has 3 aromatic rings. The van der Waals surface area contributed by atoms with Crippen molar-refractivity contribution in [1.29, 1.82) is 0 Å². The molecule has 1 aliphatic heterocycles. The summed E-state index contributed by atoms with van der Waals surface area (Å²) >= 11 is 0. The summed E-state index contributed by atoms with van der Waals surface area (Å²) in [6, 6.07) is 15.4. The Balaban J connectivity index is 1.54. The van der Waals surface area contributed by atoms with Crippen LogP contribution in [0, 0.1) is 0 Å². The Bertz CT molecular complexity index is 1020. The molecule has 0 saturated carbocycles. The number of aromatic amines is 1. The van der Waals surface area contributed by atoms with Gasteiger partial charge in [0.25, 0.3) is 5.91 Å². The highest BCUT2D eigenvalue weighted by molar-refractivity contribution is 5.97. The predicted octanol–water partition coefficient (Wildman–Crippen LogP) is 2.98. The first-order chi connectivity index (χ1) is 13.5. The number of nitrogens with one attached hydrogen (secondary N) is 1. The quantitative estimate of drug-likeness (QED) is 0.760. The van der Waals surface area contributed by atoms with Gasteiger partial charge in [0, 0.05) is 37.6 Å². The van der Waals surface area contributed by atoms with Crippen LogP contribution in [0.5, 0.6) is 5.75 Å². The average molecular weight is 377 g/mol. The SMILES string of the molecule is CN(C)C(=O)[C@@H]1CN(C(=O)CCc2c[nH]c3ccccc23)c2ccccc2O1. The summed E-state index contributed by atoms with van der Waals surface area (Å²) in [5.41, 5.74) is 2.90. The highest BCUT2D eigenvalue weighted by Crippen LogP contribution is 2.34. The Labute approximate surface area is 163 Å². The highest BCUT2D eigenvalue weighted by Gasteiger charge is 2.34. The number of carbonyl (C=O) groups is 2. The Kier molecular flexibility index (Phi) is 4.77. The summed E-state index contributed by atoms with van der Waals surface area (Å²) in [7, 11) is 3.38. The summed E-state index contributed by atoms with van der Waals surface area (Å²) in [5.74, 6) is 0.399. The normalized spacial score (nSPS) is 15.8. The lowest BCUT2D eigenvalue weighted by Crippen LogP contribution is -2.50. The number of para-hydroxylation sites is 3. The van der Waals surface area contributed by atoms with Crippen molar-refractivity contribution < 1.29 is 14.3 Å². The van der Waals surface area contributed by atoms with Gasteiger partial charge in [0.1, 0.15) is 5.75 Å². The minimum Gasteiger partial charge on any atom is -0.476 e. The number of rotatable bonds is 4. The van der Waals surface area contributed by atoms with Crippen molar-refractivity contribution in [3.05, 3.63) is 60.3 Å². The maximum Gasteiger partial charge on any atom is 0.265 e. The zero-order chi connectivity index (χ0) is 19.7. The Morgan fingerprint density at radius 3 is 2.71 bits per heavy atom. The molecule has 0 fully saturated rings. The van der Waals surface area contributed by atoms with E-state index in [1.807, 2.05) is 42.6 Å². The van der Waals surface area contributed by atoms with Gasteiger partial charge in [-0.3, -0.25) is 9.59 Å². The standard InChI is InChI=1S/C22H23N3O3/c1-24(2)22(27)20-14-25(18-9-5-6-10-19(18)28-20)21(26)12-11-15-13-23-17-8-4-3-7-16(15)17/h3-10,13,20,23H,11-12,14H2,1-2H3/t20-/m0/s1. The molecule has 0 spiro atoms. The lowest BCUT2D eigenvalue weighted by atomic mass is 10.1. The number of H-pyrrole nitrogens is 1. The van der Waals surface area contributed by atoms with Crippen LogP contribution >= 0.6 is 0 Å². The number of fused-ring (bicyclic) bond motifs is 2. The van der Waals surface area contributed by atoms with Crippen molar-refractivity contribution >= 4 is 28.4 Å². The monoisotopic (exact) mass is 377 g/mol. The zero-order valence-corrected chi connectivity index (χ0v) is 16.0. The van der Waals surface area contributed by atoms with Crippen LogP contribution in [0.1, 0.15) is 12.0 Å². The van der Waals surface area contributed by atoms with Crippen molar-refractivity contribution in [3.63, 3.8) is 0 Å². The van der Waals surface area contributed by atoms with Crippen LogP contribution in [-0.4, -0.2) is 48.4 Å². The number of aryl methyl sites for hydroxylation is 1. The lowest BCUT2D eigenvalue weighted by Gasteiger charge is -2.35. The highest BCUT2D eigenvalue weighted by atomic mass is 16.5. The van der Waals surface area contributed by atoms with Gasteiger partial charge in [-0.2, -0.15) is 0 Å². The van der Waals surface area contributed by atoms with E-state index in [-0.39, 0.29) is 18.4 Å². The molecule has 1 N–H and O–H groups in total. The Hall–Kier alpha value is -3.28. The lowest BCUT2D eigenvalue weighted by molar-refractivity contribution is -0.136. The first-order valence-corrected chi connectivity index (χ1v) is 9.37. The summed E-state index contributed by atoms with van der Waals surface area (Å²) in [6.07, 6.45) is 2.26. The number of amides is 2. The largest absolute Gasteiger partial charge is 0.476 e. The van der Waals surface area contributed by atoms with Gasteiger partial charge < -0.3 is 19.5 Å². The maximum absolute atomic E-state index is 13.1. The number of nitrogens with zero attached hydrogens (tertiary/aromatic N) is 2. The molecule has 2 aromatic carbocycles. The first-order valence-electron chi connectivity index (χ1n) is 9.37. The van der Waals surface area contributed by atoms with E-state index < -0.39 is 6.10 Å². The summed E-state index contributed by atoms with van der Waals surface area (Å²) in [5, 5.41) is 1.14. The molecule has 1 atom stereocenters. The number of aromatic nitrogens is 1. The Morgan fingerprint density at radius 1 is 1.14 bits per heavy atom. The van der Waals surface area contributed by atoms with Crippen molar-refractivity contribution in [2.75, 3.05) is 25.5 Å². The van der Waals surface area contributed by atoms with E-state index in [1.165, 1.54) is 4.90 Å². The van der Waals surface area contributed by atoms with E-state index >= 15 is 0 Å². The number of hydrogen-bond acceptors (Lipinski definition) is 3. The summed E-state index contributed by atoms with van der Waals surface area (Å²) < 4.78 is 5.85. The molecule has 4 rings (SSSR count). The molecule has 1 aliphatic rings. The molecular weight excluding hydrogens is 354 g/mol. The van der Waals surface area contributed by atoms with Gasteiger partial charge in [0.05, 0.1) is 12.2 Å². The molecule has 0 unspecified atom stereocenters. The second-order valence-corrected chi connectivity index (χ2v) is 7.17. The maximum atomic E-state index is 13.1. The van der Waals surface area contributed by atoms with Crippen LogP contribution < -0.4 is 9.64 Å². The van der Waals surface area contributed by atoms with Gasteiger partial charge in [-0.1, -0.05) is 30.3 Å². The fraction of sp³-hybridized carbons (Fsp3) is 0.273. The molecule has 1 aromatic heterocycles. The molecule has 6 heteroatoms. The molecule has 2 heterocycles. The van der Waals surface area contributed by atoms with E-state index in [4.69, 9.17) is 4.74 Å². The van der Waals surface area contributed by atoms with Crippen molar-refractivity contribution in [1.82, 2.24) is 9.88 Å². The molecule has 0 saturated heterocycles. The van der Waals surface area contributed by atoms with E-state index in [9.17, 15) is 9.59 Å². The molecular formula is C22H23N3O3. The molecule has 0 radical (unpaired) electrons. The molecule has 0 bridgehead atoms. The van der Waals surface area contributed by atoms with Crippen molar-refractivity contribution in [2.45, 2.75) is 18.9 Å². The third-order valence-electron chi connectivity index (χ3n) is 5.07. The van der Waals surface area contributed by atoms with Gasteiger partial charge in [-0.15, -0.1) is 0 Å². The van der Waals surface area contributed by atoms with Gasteiger partial charge >= 0.3 is 0 Å². The number of benzene rings is 2. The summed E-state index contributed by atoms with van der Waals surface area (Å²) in [4.78, 5) is 31.9. The molecule has 144 valence electrons. The van der Waals surface area contributed by atoms with E-state index in [1.54, 1.807) is 25.1 Å². The van der Waals surface area contributed by atoms with Gasteiger partial charge in [-0.05, 0) is 30.2 Å². The Morgan fingerprint density at radius 2 is 1.89 bits per heavy atom. The first kappa shape index (κ1) is 18.1. The number of likely N-dealkylation sites (N-methyl/N-ethyl adjacent to an activating group) is 1. The fourth-order valence-corrected chi connectivity index (χ4v) is 3.60. The van der Waals surface area contributed by atoms with E-state index in [0.29, 0.717) is 24.3 Å². The fourth-order valence-electron chi connectivity index (χ4n) is 3.60. The van der Waals surface area contributed by atoms with E-state index in [2.05, 4.69) is 11.1 Å². The number of ether oxygens (including phenoxy) is 1. The van der Waals surface area contributed by atoms with Crippen LogP contribution in [0.4, 0.5) is 5.69 Å². The van der Waals surface area contributed by atoms with Crippen LogP contribution in [0.25, 0.3) is 10.9 Å². The van der Waals surface area contributed by atoms with Gasteiger partial charge in [0.15, 0.2) is 6.10 Å².